The Bertz CT molecular complexity index is 320. The molecule has 0 aliphatic heterocycles. The SMILES string of the molecule is O=c1c(Br)c(F)[nH]c(F)c1Br. The van der Waals surface area contributed by atoms with Gasteiger partial charge in [0.1, 0.15) is 8.95 Å². The van der Waals surface area contributed by atoms with Crippen LogP contribution in [0.2, 0.25) is 0 Å². The molecule has 1 N–H and O–H groups in total. The summed E-state index contributed by atoms with van der Waals surface area (Å²) in [6.45, 7) is 0. The van der Waals surface area contributed by atoms with Crippen LogP contribution in [0.25, 0.3) is 0 Å². The van der Waals surface area contributed by atoms with Gasteiger partial charge in [-0.2, -0.15) is 8.78 Å². The van der Waals surface area contributed by atoms with Crippen molar-refractivity contribution in [3.63, 3.8) is 0 Å². The Labute approximate surface area is 76.9 Å². The van der Waals surface area contributed by atoms with Crippen LogP contribution in [0, 0.1) is 11.9 Å². The van der Waals surface area contributed by atoms with E-state index in [2.05, 4.69) is 31.9 Å². The summed E-state index contributed by atoms with van der Waals surface area (Å²) in [5, 5.41) is 0. The molecule has 0 fully saturated rings. The fourth-order valence-corrected chi connectivity index (χ4v) is 1.36. The van der Waals surface area contributed by atoms with Gasteiger partial charge in [0.15, 0.2) is 0 Å². The fraction of sp³-hybridized carbons (Fsp3) is 0. The quantitative estimate of drug-likeness (QED) is 0.729. The second kappa shape index (κ2) is 3.02. The smallest absolute Gasteiger partial charge is 0.216 e. The normalized spacial score (nSPS) is 10.2. The maximum absolute atomic E-state index is 12.5. The van der Waals surface area contributed by atoms with E-state index in [-0.39, 0.29) is 8.95 Å². The first kappa shape index (κ1) is 8.86. The molecule has 60 valence electrons. The second-order valence-corrected chi connectivity index (χ2v) is 3.30. The zero-order valence-electron chi connectivity index (χ0n) is 4.92. The third kappa shape index (κ3) is 1.51. The number of halogens is 4. The first-order valence-electron chi connectivity index (χ1n) is 2.46. The predicted octanol–water partition coefficient (Wildman–Crippen LogP) is 2.18. The Morgan fingerprint density at radius 3 is 1.82 bits per heavy atom. The van der Waals surface area contributed by atoms with Crippen molar-refractivity contribution in [3.05, 3.63) is 31.1 Å². The highest BCUT2D eigenvalue weighted by Crippen LogP contribution is 2.14. The van der Waals surface area contributed by atoms with Crippen LogP contribution < -0.4 is 5.43 Å². The number of rotatable bonds is 0. The molecule has 1 aromatic heterocycles. The maximum Gasteiger partial charge on any atom is 0.216 e. The average molecular weight is 289 g/mol. The molecule has 6 heteroatoms. The van der Waals surface area contributed by atoms with Crippen molar-refractivity contribution < 1.29 is 8.78 Å². The highest BCUT2D eigenvalue weighted by Gasteiger charge is 2.11. The summed E-state index contributed by atoms with van der Waals surface area (Å²) in [6, 6.07) is 0. The highest BCUT2D eigenvalue weighted by molar-refractivity contribution is 9.11. The first-order chi connectivity index (χ1) is 5.04. The number of H-pyrrole nitrogens is 1. The predicted molar refractivity (Wildman–Crippen MR) is 42.4 cm³/mol. The number of aromatic nitrogens is 1. The van der Waals surface area contributed by atoms with Gasteiger partial charge in [-0.3, -0.25) is 4.79 Å². The lowest BCUT2D eigenvalue weighted by atomic mass is 10.5. The first-order valence-corrected chi connectivity index (χ1v) is 4.05. The van der Waals surface area contributed by atoms with E-state index >= 15 is 0 Å². The van der Waals surface area contributed by atoms with Gasteiger partial charge in [-0.05, 0) is 31.9 Å². The molecule has 0 aliphatic carbocycles. The van der Waals surface area contributed by atoms with E-state index < -0.39 is 17.3 Å². The van der Waals surface area contributed by atoms with Crippen molar-refractivity contribution in [1.29, 1.82) is 0 Å². The molecule has 0 radical (unpaired) electrons. The van der Waals surface area contributed by atoms with Crippen molar-refractivity contribution in [2.75, 3.05) is 0 Å². The number of pyridine rings is 1. The van der Waals surface area contributed by atoms with Crippen LogP contribution in [0.15, 0.2) is 13.7 Å². The summed E-state index contributed by atoms with van der Waals surface area (Å²) in [5.74, 6) is -2.04. The minimum Gasteiger partial charge on any atom is -0.306 e. The average Bonchev–Trinajstić information content (AvgIpc) is 1.97. The van der Waals surface area contributed by atoms with Gasteiger partial charge in [0, 0.05) is 0 Å². The number of hydrogen-bond donors (Lipinski definition) is 1. The Morgan fingerprint density at radius 2 is 1.45 bits per heavy atom. The van der Waals surface area contributed by atoms with E-state index in [0.717, 1.165) is 0 Å². The molecule has 0 saturated heterocycles. The summed E-state index contributed by atoms with van der Waals surface area (Å²) < 4.78 is 24.3. The molecule has 0 amide bonds. The molecule has 0 aliphatic rings. The van der Waals surface area contributed by atoms with Gasteiger partial charge >= 0.3 is 0 Å². The lowest BCUT2D eigenvalue weighted by Gasteiger charge is -1.95. The van der Waals surface area contributed by atoms with Crippen LogP contribution >= 0.6 is 31.9 Å². The lowest BCUT2D eigenvalue weighted by Crippen LogP contribution is -2.10. The number of hydrogen-bond acceptors (Lipinski definition) is 1. The van der Waals surface area contributed by atoms with E-state index in [0.29, 0.717) is 0 Å². The van der Waals surface area contributed by atoms with Crippen molar-refractivity contribution in [1.82, 2.24) is 4.98 Å². The van der Waals surface area contributed by atoms with E-state index in [1.807, 2.05) is 0 Å². The van der Waals surface area contributed by atoms with Crippen molar-refractivity contribution in [3.8, 4) is 0 Å². The number of nitrogens with one attached hydrogen (secondary N) is 1. The monoisotopic (exact) mass is 287 g/mol. The van der Waals surface area contributed by atoms with Crippen molar-refractivity contribution in [2.45, 2.75) is 0 Å². The summed E-state index contributed by atoms with van der Waals surface area (Å²) in [7, 11) is 0. The molecule has 1 rings (SSSR count). The standard InChI is InChI=1S/C5HBr2F2NO/c6-1-3(11)2(7)5(9)10-4(1)8/h(H,10,11). The van der Waals surface area contributed by atoms with Crippen molar-refractivity contribution in [2.24, 2.45) is 0 Å². The molecular weight excluding hydrogens is 288 g/mol. The maximum atomic E-state index is 12.5. The molecule has 0 aromatic carbocycles. The molecule has 1 aromatic rings. The minimum absolute atomic E-state index is 0.314. The molecule has 0 atom stereocenters. The van der Waals surface area contributed by atoms with Gasteiger partial charge in [-0.1, -0.05) is 0 Å². The summed E-state index contributed by atoms with van der Waals surface area (Å²) in [6.07, 6.45) is 0. The summed E-state index contributed by atoms with van der Waals surface area (Å²) >= 11 is 5.30. The van der Waals surface area contributed by atoms with Gasteiger partial charge in [-0.25, -0.2) is 0 Å². The fourth-order valence-electron chi connectivity index (χ4n) is 0.502. The van der Waals surface area contributed by atoms with E-state index in [1.54, 1.807) is 4.98 Å². The molecule has 2 nitrogen and oxygen atoms in total. The van der Waals surface area contributed by atoms with Gasteiger partial charge < -0.3 is 4.98 Å². The van der Waals surface area contributed by atoms with E-state index in [9.17, 15) is 13.6 Å². The lowest BCUT2D eigenvalue weighted by molar-refractivity contribution is 0.501. The van der Waals surface area contributed by atoms with Gasteiger partial charge in [-0.15, -0.1) is 0 Å². The third-order valence-corrected chi connectivity index (χ3v) is 2.42. The topological polar surface area (TPSA) is 32.9 Å². The third-order valence-electron chi connectivity index (χ3n) is 1.00. The molecule has 0 unspecified atom stereocenters. The Morgan fingerprint density at radius 1 is 1.09 bits per heavy atom. The Hall–Kier alpha value is -0.230. The largest absolute Gasteiger partial charge is 0.306 e. The summed E-state index contributed by atoms with van der Waals surface area (Å²) in [5.41, 5.74) is -0.751. The zero-order chi connectivity index (χ0) is 8.59. The molecule has 1 heterocycles. The van der Waals surface area contributed by atoms with Crippen LogP contribution in [0.4, 0.5) is 8.78 Å². The Balaban J connectivity index is 3.59. The van der Waals surface area contributed by atoms with Gasteiger partial charge in [0.25, 0.3) is 0 Å². The molecular formula is C5HBr2F2NO. The molecule has 0 spiro atoms. The van der Waals surface area contributed by atoms with Crippen molar-refractivity contribution >= 4 is 31.9 Å². The zero-order valence-corrected chi connectivity index (χ0v) is 8.09. The molecule has 11 heavy (non-hydrogen) atoms. The van der Waals surface area contributed by atoms with Crippen LogP contribution in [-0.4, -0.2) is 4.98 Å². The van der Waals surface area contributed by atoms with Gasteiger partial charge in [0.2, 0.25) is 17.3 Å². The van der Waals surface area contributed by atoms with Crippen LogP contribution in [-0.2, 0) is 0 Å². The van der Waals surface area contributed by atoms with Gasteiger partial charge in [0.05, 0.1) is 0 Å². The van der Waals surface area contributed by atoms with E-state index in [1.165, 1.54) is 0 Å². The van der Waals surface area contributed by atoms with Crippen LogP contribution in [0.5, 0.6) is 0 Å². The van der Waals surface area contributed by atoms with E-state index in [4.69, 9.17) is 0 Å². The number of aromatic amines is 1. The van der Waals surface area contributed by atoms with Crippen LogP contribution in [0.1, 0.15) is 0 Å². The van der Waals surface area contributed by atoms with Crippen LogP contribution in [0.3, 0.4) is 0 Å². The Kier molecular flexibility index (Phi) is 2.43. The molecule has 0 saturated carbocycles. The summed E-state index contributed by atoms with van der Waals surface area (Å²) in [4.78, 5) is 12.5. The second-order valence-electron chi connectivity index (χ2n) is 1.71. The highest BCUT2D eigenvalue weighted by atomic mass is 79.9. The molecule has 0 bridgehead atoms. The minimum atomic E-state index is -1.02.